The van der Waals surface area contributed by atoms with Crippen LogP contribution in [0.15, 0.2) is 40.9 Å². The van der Waals surface area contributed by atoms with E-state index in [2.05, 4.69) is 10.1 Å². The van der Waals surface area contributed by atoms with Gasteiger partial charge >= 0.3 is 6.18 Å². The molecule has 0 saturated heterocycles. The van der Waals surface area contributed by atoms with Crippen LogP contribution in [0.4, 0.5) is 27.6 Å². The molecule has 1 aromatic carbocycles. The molecule has 0 spiro atoms. The van der Waals surface area contributed by atoms with E-state index in [0.717, 1.165) is 69.1 Å². The van der Waals surface area contributed by atoms with Gasteiger partial charge in [0.05, 0.1) is 0 Å². The fourth-order valence-electron chi connectivity index (χ4n) is 8.53. The third-order valence-electron chi connectivity index (χ3n) is 11.2. The minimum Gasteiger partial charge on any atom is -0.339 e. The summed E-state index contributed by atoms with van der Waals surface area (Å²) in [5.74, 6) is 0.939. The van der Waals surface area contributed by atoms with Crippen molar-refractivity contribution in [3.8, 4) is 11.3 Å². The highest BCUT2D eigenvalue weighted by Gasteiger charge is 2.69. The molecule has 7 aliphatic rings. The molecule has 3 aromatic rings. The zero-order valence-corrected chi connectivity index (χ0v) is 24.2. The van der Waals surface area contributed by atoms with E-state index in [0.29, 0.717) is 43.5 Å². The van der Waals surface area contributed by atoms with Crippen LogP contribution in [0, 0.1) is 16.6 Å². The Morgan fingerprint density at radius 2 is 1.66 bits per heavy atom. The van der Waals surface area contributed by atoms with E-state index in [1.165, 1.54) is 6.07 Å². The lowest BCUT2D eigenvalue weighted by Crippen LogP contribution is -2.65. The van der Waals surface area contributed by atoms with Gasteiger partial charge in [0.1, 0.15) is 22.9 Å². The fraction of sp³-hybridized carbons (Fsp3) is 0.576. The summed E-state index contributed by atoms with van der Waals surface area (Å²) in [7, 11) is 0. The maximum atomic E-state index is 14.8. The minimum atomic E-state index is -4.73. The Labute approximate surface area is 251 Å². The first-order chi connectivity index (χ1) is 20.9. The van der Waals surface area contributed by atoms with Gasteiger partial charge in [-0.05, 0) is 106 Å². The Morgan fingerprint density at radius 1 is 0.955 bits per heavy atom. The molecular formula is C33H33F5N4O2. The molecule has 2 aromatic heterocycles. The van der Waals surface area contributed by atoms with Gasteiger partial charge in [-0.2, -0.15) is 18.2 Å². The molecule has 232 valence electrons. The van der Waals surface area contributed by atoms with Gasteiger partial charge in [-0.15, -0.1) is 0 Å². The SMILES string of the molecule is O=C(CC12CC(F)(C1)C2)N(CC12CCC(c3nc(C4CC4)no3)(CC1)CC2)c1cccc(-c2nc(C(F)(F)F)ccc2F)c1. The van der Waals surface area contributed by atoms with Crippen molar-refractivity contribution in [3.05, 3.63) is 59.6 Å². The second-order valence-corrected chi connectivity index (χ2v) is 14.4. The van der Waals surface area contributed by atoms with E-state index in [4.69, 9.17) is 9.51 Å². The monoisotopic (exact) mass is 612 g/mol. The number of pyridine rings is 1. The minimum absolute atomic E-state index is 0.135. The molecule has 6 nitrogen and oxygen atoms in total. The number of aromatic nitrogens is 3. The Hall–Kier alpha value is -3.37. The smallest absolute Gasteiger partial charge is 0.339 e. The molecule has 7 fully saturated rings. The van der Waals surface area contributed by atoms with Crippen LogP contribution in [-0.2, 0) is 16.4 Å². The molecule has 4 bridgehead atoms. The highest BCUT2D eigenvalue weighted by Crippen LogP contribution is 2.71. The van der Waals surface area contributed by atoms with E-state index < -0.39 is 29.1 Å². The molecule has 11 heteroatoms. The Bertz CT molecular complexity index is 1600. The normalized spacial score (nSPS) is 32.2. The summed E-state index contributed by atoms with van der Waals surface area (Å²) in [4.78, 5) is 24.1. The molecular weight excluding hydrogens is 579 g/mol. The van der Waals surface area contributed by atoms with Crippen molar-refractivity contribution in [1.82, 2.24) is 15.1 Å². The van der Waals surface area contributed by atoms with Gasteiger partial charge in [-0.3, -0.25) is 4.79 Å². The van der Waals surface area contributed by atoms with Gasteiger partial charge in [0.2, 0.25) is 11.8 Å². The molecule has 2 heterocycles. The van der Waals surface area contributed by atoms with Crippen LogP contribution in [0.1, 0.15) is 100 Å². The molecule has 44 heavy (non-hydrogen) atoms. The van der Waals surface area contributed by atoms with E-state index in [9.17, 15) is 26.7 Å². The van der Waals surface area contributed by atoms with Gasteiger partial charge in [-0.25, -0.2) is 13.8 Å². The van der Waals surface area contributed by atoms with Crippen molar-refractivity contribution in [1.29, 1.82) is 0 Å². The summed E-state index contributed by atoms with van der Waals surface area (Å²) in [6, 6.07) is 7.78. The van der Waals surface area contributed by atoms with Crippen LogP contribution in [-0.4, -0.2) is 33.2 Å². The average molecular weight is 613 g/mol. The van der Waals surface area contributed by atoms with Gasteiger partial charge in [-0.1, -0.05) is 17.3 Å². The summed E-state index contributed by atoms with van der Waals surface area (Å²) < 4.78 is 75.1. The summed E-state index contributed by atoms with van der Waals surface area (Å²) in [5, 5.41) is 4.25. The molecule has 7 saturated carbocycles. The maximum absolute atomic E-state index is 14.8. The topological polar surface area (TPSA) is 72.1 Å². The molecule has 0 atom stereocenters. The number of amides is 1. The van der Waals surface area contributed by atoms with Crippen molar-refractivity contribution in [3.63, 3.8) is 0 Å². The molecule has 0 aliphatic heterocycles. The number of carbonyl (C=O) groups excluding carboxylic acids is 1. The number of nitrogens with zero attached hydrogens (tertiary/aromatic N) is 4. The summed E-state index contributed by atoms with van der Waals surface area (Å²) >= 11 is 0. The average Bonchev–Trinajstić information content (AvgIpc) is 3.70. The van der Waals surface area contributed by atoms with Crippen LogP contribution in [0.5, 0.6) is 0 Å². The molecule has 10 rings (SSSR count). The van der Waals surface area contributed by atoms with Crippen LogP contribution in [0.2, 0.25) is 0 Å². The van der Waals surface area contributed by atoms with E-state index in [-0.39, 0.29) is 34.1 Å². The number of benzene rings is 1. The predicted octanol–water partition coefficient (Wildman–Crippen LogP) is 8.07. The second-order valence-electron chi connectivity index (χ2n) is 14.4. The lowest BCUT2D eigenvalue weighted by molar-refractivity contribution is -0.215. The van der Waals surface area contributed by atoms with Crippen molar-refractivity contribution in [2.24, 2.45) is 10.8 Å². The lowest BCUT2D eigenvalue weighted by Gasteiger charge is -2.66. The number of hydrogen-bond acceptors (Lipinski definition) is 5. The Morgan fingerprint density at radius 3 is 2.30 bits per heavy atom. The first-order valence-corrected chi connectivity index (χ1v) is 15.6. The van der Waals surface area contributed by atoms with E-state index in [1.54, 1.807) is 23.1 Å². The molecule has 7 aliphatic carbocycles. The highest BCUT2D eigenvalue weighted by molar-refractivity contribution is 5.95. The third-order valence-corrected chi connectivity index (χ3v) is 11.2. The Balaban J connectivity index is 1.08. The van der Waals surface area contributed by atoms with Crippen molar-refractivity contribution < 1.29 is 31.3 Å². The number of fused-ring (bicyclic) bond motifs is 3. The van der Waals surface area contributed by atoms with Crippen LogP contribution in [0.25, 0.3) is 11.3 Å². The molecule has 1 amide bonds. The van der Waals surface area contributed by atoms with E-state index >= 15 is 0 Å². The zero-order chi connectivity index (χ0) is 30.5. The number of halogens is 5. The number of carbonyl (C=O) groups is 1. The lowest BCUT2D eigenvalue weighted by atomic mass is 9.41. The summed E-state index contributed by atoms with van der Waals surface area (Å²) in [5.41, 5.74) is -2.73. The van der Waals surface area contributed by atoms with Crippen molar-refractivity contribution in [2.75, 3.05) is 11.4 Å². The summed E-state index contributed by atoms with van der Waals surface area (Å²) in [6.45, 7) is 0.428. The quantitative estimate of drug-likeness (QED) is 0.241. The summed E-state index contributed by atoms with van der Waals surface area (Å²) in [6.07, 6.45) is 4.05. The van der Waals surface area contributed by atoms with Gasteiger partial charge in [0, 0.05) is 35.5 Å². The second kappa shape index (κ2) is 9.33. The van der Waals surface area contributed by atoms with Crippen LogP contribution in [0.3, 0.4) is 0 Å². The molecule has 0 unspecified atom stereocenters. The third kappa shape index (κ3) is 4.64. The van der Waals surface area contributed by atoms with Crippen molar-refractivity contribution in [2.45, 2.75) is 100 Å². The zero-order valence-electron chi connectivity index (χ0n) is 24.2. The van der Waals surface area contributed by atoms with Crippen molar-refractivity contribution >= 4 is 11.6 Å². The first kappa shape index (κ1) is 28.1. The Kier molecular flexibility index (Phi) is 5.96. The van der Waals surface area contributed by atoms with Crippen LogP contribution >= 0.6 is 0 Å². The molecule has 0 radical (unpaired) electrons. The number of rotatable bonds is 8. The standard InChI is InChI=1S/C33H33F5N4O2/c34-23-6-7-24(33(36,37)38)39-26(23)21-2-1-3-22(14-21)42(25(43)15-30-16-32(35,17-30)18-30)19-29-8-11-31(12-9-29,13-10-29)28-40-27(41-44-28)20-4-5-20/h1-3,6-7,14,20H,4-5,8-13,15-19H2. The fourth-order valence-corrected chi connectivity index (χ4v) is 8.53. The molecule has 0 N–H and O–H groups in total. The van der Waals surface area contributed by atoms with Gasteiger partial charge < -0.3 is 9.42 Å². The van der Waals surface area contributed by atoms with E-state index in [1.807, 2.05) is 0 Å². The highest BCUT2D eigenvalue weighted by atomic mass is 19.4. The van der Waals surface area contributed by atoms with Crippen LogP contribution < -0.4 is 4.90 Å². The number of alkyl halides is 4. The van der Waals surface area contributed by atoms with Gasteiger partial charge in [0.15, 0.2) is 5.82 Å². The number of hydrogen-bond donors (Lipinski definition) is 0. The predicted molar refractivity (Wildman–Crippen MR) is 150 cm³/mol. The largest absolute Gasteiger partial charge is 0.433 e. The first-order valence-electron chi connectivity index (χ1n) is 15.6. The maximum Gasteiger partial charge on any atom is 0.433 e. The number of anilines is 1. The van der Waals surface area contributed by atoms with Gasteiger partial charge in [0.25, 0.3) is 0 Å².